The normalized spacial score (nSPS) is 22.2. The summed E-state index contributed by atoms with van der Waals surface area (Å²) >= 11 is 1.59. The summed E-state index contributed by atoms with van der Waals surface area (Å²) in [6.07, 6.45) is 2.02. The third-order valence-corrected chi connectivity index (χ3v) is 6.13. The van der Waals surface area contributed by atoms with Crippen molar-refractivity contribution in [2.45, 2.75) is 19.0 Å². The average molecular weight is 372 g/mol. The fraction of sp³-hybridized carbons (Fsp3) is 0.556. The summed E-state index contributed by atoms with van der Waals surface area (Å²) in [6, 6.07) is 3.43. The standard InChI is InChI=1S/C18H24N6OS/c1-11-12(2)19-18(26-4)20-17(11)24-9-13-7-23(8-14(13)10-24)15-5-6-16(25)22(3)21-15/h5-6,13-14H,7-10H2,1-4H3. The Hall–Kier alpha value is -2.09. The van der Waals surface area contributed by atoms with Crippen molar-refractivity contribution >= 4 is 23.4 Å². The zero-order chi connectivity index (χ0) is 18.4. The van der Waals surface area contributed by atoms with Gasteiger partial charge in [0.05, 0.1) is 0 Å². The number of hydrogen-bond acceptors (Lipinski definition) is 7. The lowest BCUT2D eigenvalue weighted by molar-refractivity contribution is 0.533. The first kappa shape index (κ1) is 17.3. The Balaban J connectivity index is 1.51. The van der Waals surface area contributed by atoms with Gasteiger partial charge in [-0.25, -0.2) is 14.6 Å². The maximum Gasteiger partial charge on any atom is 0.266 e. The van der Waals surface area contributed by atoms with Crippen molar-refractivity contribution in [3.8, 4) is 0 Å². The number of fused-ring (bicyclic) bond motifs is 1. The number of aryl methyl sites for hydroxylation is 2. The van der Waals surface area contributed by atoms with Crippen LogP contribution in [0.25, 0.3) is 0 Å². The first-order valence-electron chi connectivity index (χ1n) is 8.89. The highest BCUT2D eigenvalue weighted by Crippen LogP contribution is 2.36. The second-order valence-electron chi connectivity index (χ2n) is 7.23. The van der Waals surface area contributed by atoms with E-state index in [0.717, 1.165) is 48.7 Å². The topological polar surface area (TPSA) is 67.2 Å². The molecule has 0 radical (unpaired) electrons. The summed E-state index contributed by atoms with van der Waals surface area (Å²) in [7, 11) is 1.70. The minimum Gasteiger partial charge on any atom is -0.356 e. The van der Waals surface area contributed by atoms with E-state index in [4.69, 9.17) is 4.98 Å². The predicted molar refractivity (Wildman–Crippen MR) is 104 cm³/mol. The van der Waals surface area contributed by atoms with Crippen LogP contribution in [0.2, 0.25) is 0 Å². The van der Waals surface area contributed by atoms with Gasteiger partial charge < -0.3 is 9.80 Å². The smallest absolute Gasteiger partial charge is 0.266 e. The summed E-state index contributed by atoms with van der Waals surface area (Å²) in [5, 5.41) is 5.24. The van der Waals surface area contributed by atoms with Gasteiger partial charge >= 0.3 is 0 Å². The quantitative estimate of drug-likeness (QED) is 0.597. The zero-order valence-electron chi connectivity index (χ0n) is 15.6. The highest BCUT2D eigenvalue weighted by molar-refractivity contribution is 7.98. The first-order valence-corrected chi connectivity index (χ1v) is 10.1. The third kappa shape index (κ3) is 2.96. The molecule has 26 heavy (non-hydrogen) atoms. The molecule has 0 bridgehead atoms. The number of thioether (sulfide) groups is 1. The second kappa shape index (κ2) is 6.57. The van der Waals surface area contributed by atoms with Crippen LogP contribution in [0.1, 0.15) is 11.3 Å². The fourth-order valence-corrected chi connectivity index (χ4v) is 4.41. The summed E-state index contributed by atoms with van der Waals surface area (Å²) < 4.78 is 1.41. The average Bonchev–Trinajstić information content (AvgIpc) is 3.18. The molecule has 2 aromatic heterocycles. The van der Waals surface area contributed by atoms with Crippen LogP contribution >= 0.6 is 11.8 Å². The summed E-state index contributed by atoms with van der Waals surface area (Å²) in [6.45, 7) is 8.15. The molecule has 2 atom stereocenters. The number of nitrogens with zero attached hydrogens (tertiary/aromatic N) is 6. The van der Waals surface area contributed by atoms with Crippen LogP contribution < -0.4 is 15.4 Å². The molecule has 8 heteroatoms. The second-order valence-corrected chi connectivity index (χ2v) is 8.00. The molecule has 2 saturated heterocycles. The van der Waals surface area contributed by atoms with Gasteiger partial charge in [-0.05, 0) is 26.2 Å². The van der Waals surface area contributed by atoms with Gasteiger partial charge in [0.1, 0.15) is 11.6 Å². The molecule has 2 unspecified atom stereocenters. The van der Waals surface area contributed by atoms with Crippen molar-refractivity contribution < 1.29 is 0 Å². The van der Waals surface area contributed by atoms with Crippen molar-refractivity contribution in [3.05, 3.63) is 33.7 Å². The van der Waals surface area contributed by atoms with E-state index in [0.29, 0.717) is 11.8 Å². The van der Waals surface area contributed by atoms with E-state index in [-0.39, 0.29) is 5.56 Å². The molecule has 0 aromatic carbocycles. The van der Waals surface area contributed by atoms with Gasteiger partial charge in [0.15, 0.2) is 5.16 Å². The highest BCUT2D eigenvalue weighted by atomic mass is 32.2. The molecule has 0 N–H and O–H groups in total. The van der Waals surface area contributed by atoms with Crippen LogP contribution in [0, 0.1) is 25.7 Å². The molecule has 2 fully saturated rings. The predicted octanol–water partition coefficient (Wildman–Crippen LogP) is 1.48. The Morgan fingerprint density at radius 3 is 2.31 bits per heavy atom. The molecule has 2 aliphatic rings. The van der Waals surface area contributed by atoms with Gasteiger partial charge in [-0.3, -0.25) is 4.79 Å². The molecule has 138 valence electrons. The molecule has 2 aliphatic heterocycles. The zero-order valence-corrected chi connectivity index (χ0v) is 16.5. The van der Waals surface area contributed by atoms with E-state index in [1.54, 1.807) is 24.9 Å². The van der Waals surface area contributed by atoms with E-state index in [9.17, 15) is 4.79 Å². The Labute approximate surface area is 157 Å². The number of rotatable bonds is 3. The van der Waals surface area contributed by atoms with E-state index in [1.165, 1.54) is 10.2 Å². The maximum absolute atomic E-state index is 11.6. The molecule has 7 nitrogen and oxygen atoms in total. The lowest BCUT2D eigenvalue weighted by atomic mass is 10.0. The molecular formula is C18H24N6OS. The minimum absolute atomic E-state index is 0.0708. The van der Waals surface area contributed by atoms with Crippen molar-refractivity contribution in [1.82, 2.24) is 19.7 Å². The van der Waals surface area contributed by atoms with Crippen molar-refractivity contribution in [2.75, 3.05) is 42.2 Å². The molecule has 4 heterocycles. The van der Waals surface area contributed by atoms with Crippen molar-refractivity contribution in [3.63, 3.8) is 0 Å². The number of hydrogen-bond donors (Lipinski definition) is 0. The lowest BCUT2D eigenvalue weighted by Gasteiger charge is -2.24. The van der Waals surface area contributed by atoms with Gasteiger partial charge in [0.25, 0.3) is 5.56 Å². The molecule has 0 saturated carbocycles. The Bertz CT molecular complexity index is 884. The number of aromatic nitrogens is 4. The molecule has 0 amide bonds. The third-order valence-electron chi connectivity index (χ3n) is 5.58. The molecule has 0 spiro atoms. The molecule has 0 aliphatic carbocycles. The molecule has 4 rings (SSSR count). The van der Waals surface area contributed by atoms with E-state index in [2.05, 4.69) is 33.7 Å². The number of anilines is 2. The SMILES string of the molecule is CSc1nc(C)c(C)c(N2CC3CN(c4ccc(=O)n(C)n4)CC3C2)n1. The van der Waals surface area contributed by atoms with Crippen LogP contribution in [-0.2, 0) is 7.05 Å². The van der Waals surface area contributed by atoms with Crippen molar-refractivity contribution in [1.29, 1.82) is 0 Å². The van der Waals surface area contributed by atoms with Crippen LogP contribution in [0.3, 0.4) is 0 Å². The lowest BCUT2D eigenvalue weighted by Crippen LogP contribution is -2.31. The summed E-state index contributed by atoms with van der Waals surface area (Å²) in [5.41, 5.74) is 2.17. The monoisotopic (exact) mass is 372 g/mol. The van der Waals surface area contributed by atoms with E-state index >= 15 is 0 Å². The van der Waals surface area contributed by atoms with Gasteiger partial charge in [-0.1, -0.05) is 11.8 Å². The Morgan fingerprint density at radius 2 is 1.69 bits per heavy atom. The Kier molecular flexibility index (Phi) is 4.38. The molecule has 2 aromatic rings. The van der Waals surface area contributed by atoms with E-state index in [1.807, 2.05) is 12.3 Å². The maximum atomic E-state index is 11.6. The first-order chi connectivity index (χ1) is 12.5. The summed E-state index contributed by atoms with van der Waals surface area (Å²) in [4.78, 5) is 25.6. The van der Waals surface area contributed by atoms with Gasteiger partial charge in [0, 0.05) is 62.4 Å². The minimum atomic E-state index is -0.0708. The fourth-order valence-electron chi connectivity index (χ4n) is 4.00. The van der Waals surface area contributed by atoms with Crippen LogP contribution in [0.5, 0.6) is 0 Å². The van der Waals surface area contributed by atoms with Crippen LogP contribution in [0.4, 0.5) is 11.6 Å². The van der Waals surface area contributed by atoms with Crippen LogP contribution in [-0.4, -0.2) is 52.2 Å². The van der Waals surface area contributed by atoms with Gasteiger partial charge in [0.2, 0.25) is 0 Å². The Morgan fingerprint density at radius 1 is 1.04 bits per heavy atom. The van der Waals surface area contributed by atoms with Gasteiger partial charge in [-0.15, -0.1) is 0 Å². The van der Waals surface area contributed by atoms with Crippen LogP contribution in [0.15, 0.2) is 22.1 Å². The highest BCUT2D eigenvalue weighted by Gasteiger charge is 2.41. The molecular weight excluding hydrogens is 348 g/mol. The summed E-state index contributed by atoms with van der Waals surface area (Å²) in [5.74, 6) is 3.18. The van der Waals surface area contributed by atoms with Gasteiger partial charge in [-0.2, -0.15) is 5.10 Å². The largest absolute Gasteiger partial charge is 0.356 e. The van der Waals surface area contributed by atoms with Crippen molar-refractivity contribution in [2.24, 2.45) is 18.9 Å². The van der Waals surface area contributed by atoms with E-state index < -0.39 is 0 Å².